The van der Waals surface area contributed by atoms with Crippen LogP contribution in [0.25, 0.3) is 0 Å². The van der Waals surface area contributed by atoms with Crippen molar-refractivity contribution in [2.45, 2.75) is 39.3 Å². The van der Waals surface area contributed by atoms with Crippen molar-refractivity contribution in [2.24, 2.45) is 5.92 Å². The van der Waals surface area contributed by atoms with Gasteiger partial charge in [-0.2, -0.15) is 0 Å². The van der Waals surface area contributed by atoms with E-state index in [1.54, 1.807) is 0 Å². The Morgan fingerprint density at radius 2 is 2.04 bits per heavy atom. The van der Waals surface area contributed by atoms with Gasteiger partial charge in [0.2, 0.25) is 5.91 Å². The average molecular weight is 343 g/mol. The quantitative estimate of drug-likeness (QED) is 0.860. The maximum absolute atomic E-state index is 12.6. The number of thiophene rings is 1. The molecule has 3 nitrogen and oxygen atoms in total. The second kappa shape index (κ2) is 7.95. The normalized spacial score (nSPS) is 16.0. The van der Waals surface area contributed by atoms with E-state index in [9.17, 15) is 4.79 Å². The average Bonchev–Trinajstić information content (AvgIpc) is 3.02. The van der Waals surface area contributed by atoms with Crippen LogP contribution in [0, 0.1) is 5.92 Å². The Balaban J connectivity index is 1.59. The van der Waals surface area contributed by atoms with Crippen molar-refractivity contribution in [1.29, 1.82) is 0 Å². The molecule has 1 aromatic heterocycles. The van der Waals surface area contributed by atoms with Gasteiger partial charge in [-0.05, 0) is 41.3 Å². The highest BCUT2D eigenvalue weighted by Gasteiger charge is 2.21. The number of carbonyl (C=O) groups is 1. The first-order valence-electron chi connectivity index (χ1n) is 8.73. The molecule has 0 bridgehead atoms. The third kappa shape index (κ3) is 4.46. The predicted octanol–water partition coefficient (Wildman–Crippen LogP) is 4.01. The van der Waals surface area contributed by atoms with Gasteiger partial charge in [0.05, 0.1) is 12.6 Å². The molecule has 0 spiro atoms. The summed E-state index contributed by atoms with van der Waals surface area (Å²) in [6, 6.07) is 12.6. The topological polar surface area (TPSA) is 32.3 Å². The Kier molecular flexibility index (Phi) is 5.69. The molecule has 128 valence electrons. The van der Waals surface area contributed by atoms with Crippen molar-refractivity contribution in [3.63, 3.8) is 0 Å². The van der Waals surface area contributed by atoms with Gasteiger partial charge in [0.25, 0.3) is 0 Å². The van der Waals surface area contributed by atoms with E-state index in [4.69, 9.17) is 0 Å². The molecule has 1 aromatic carbocycles. The lowest BCUT2D eigenvalue weighted by Gasteiger charge is -2.28. The molecule has 0 unspecified atom stereocenters. The van der Waals surface area contributed by atoms with Gasteiger partial charge < -0.3 is 5.32 Å². The highest BCUT2D eigenvalue weighted by Crippen LogP contribution is 2.24. The smallest absolute Gasteiger partial charge is 0.234 e. The van der Waals surface area contributed by atoms with E-state index in [0.29, 0.717) is 12.5 Å². The van der Waals surface area contributed by atoms with Crippen LogP contribution >= 0.6 is 11.3 Å². The molecule has 1 aliphatic rings. The van der Waals surface area contributed by atoms with Gasteiger partial charge in [0, 0.05) is 18.0 Å². The van der Waals surface area contributed by atoms with Crippen LogP contribution in [0.3, 0.4) is 0 Å². The van der Waals surface area contributed by atoms with Crippen LogP contribution in [0.2, 0.25) is 0 Å². The summed E-state index contributed by atoms with van der Waals surface area (Å²) in [5.41, 5.74) is 2.58. The lowest BCUT2D eigenvalue weighted by Crippen LogP contribution is -2.41. The zero-order valence-corrected chi connectivity index (χ0v) is 15.3. The van der Waals surface area contributed by atoms with Gasteiger partial charge >= 0.3 is 0 Å². The summed E-state index contributed by atoms with van der Waals surface area (Å²) in [5, 5.41) is 5.41. The Morgan fingerprint density at radius 3 is 2.79 bits per heavy atom. The van der Waals surface area contributed by atoms with Crippen molar-refractivity contribution in [2.75, 3.05) is 13.1 Å². The first-order valence-corrected chi connectivity index (χ1v) is 9.61. The predicted molar refractivity (Wildman–Crippen MR) is 100 cm³/mol. The molecule has 1 amide bonds. The van der Waals surface area contributed by atoms with E-state index in [2.05, 4.69) is 47.6 Å². The molecule has 2 aromatic rings. The van der Waals surface area contributed by atoms with E-state index in [0.717, 1.165) is 25.9 Å². The van der Waals surface area contributed by atoms with Crippen molar-refractivity contribution in [3.8, 4) is 0 Å². The molecule has 4 heteroatoms. The Hall–Kier alpha value is -1.65. The molecular weight excluding hydrogens is 316 g/mol. The van der Waals surface area contributed by atoms with Crippen LogP contribution in [0.5, 0.6) is 0 Å². The van der Waals surface area contributed by atoms with Gasteiger partial charge in [-0.3, -0.25) is 9.69 Å². The molecule has 0 saturated carbocycles. The number of nitrogens with one attached hydrogen (secondary N) is 1. The maximum atomic E-state index is 12.6. The zero-order chi connectivity index (χ0) is 16.9. The number of amides is 1. The fourth-order valence-corrected chi connectivity index (χ4v) is 4.21. The monoisotopic (exact) mass is 342 g/mol. The number of rotatable bonds is 6. The lowest BCUT2D eigenvalue weighted by molar-refractivity contribution is -0.123. The summed E-state index contributed by atoms with van der Waals surface area (Å²) in [5.74, 6) is 0.669. The highest BCUT2D eigenvalue weighted by molar-refractivity contribution is 7.10. The summed E-state index contributed by atoms with van der Waals surface area (Å²) < 4.78 is 0. The van der Waals surface area contributed by atoms with E-state index in [1.807, 2.05) is 29.5 Å². The fraction of sp³-hybridized carbons (Fsp3) is 0.450. The van der Waals surface area contributed by atoms with E-state index >= 15 is 0 Å². The Bertz CT molecular complexity index is 665. The number of fused-ring (bicyclic) bond motifs is 1. The van der Waals surface area contributed by atoms with Crippen LogP contribution in [0.1, 0.15) is 42.3 Å². The summed E-state index contributed by atoms with van der Waals surface area (Å²) in [6.45, 7) is 6.75. The van der Waals surface area contributed by atoms with Gasteiger partial charge in [-0.25, -0.2) is 0 Å². The molecule has 0 fully saturated rings. The zero-order valence-electron chi connectivity index (χ0n) is 14.5. The van der Waals surface area contributed by atoms with Crippen LogP contribution in [0.4, 0.5) is 0 Å². The van der Waals surface area contributed by atoms with Gasteiger partial charge in [-0.1, -0.05) is 44.2 Å². The second-order valence-corrected chi connectivity index (χ2v) is 7.99. The largest absolute Gasteiger partial charge is 0.348 e. The summed E-state index contributed by atoms with van der Waals surface area (Å²) in [7, 11) is 0. The molecule has 1 aliphatic heterocycles. The molecule has 2 heterocycles. The summed E-state index contributed by atoms with van der Waals surface area (Å²) in [4.78, 5) is 16.3. The molecular formula is C20H26N2OS. The minimum absolute atomic E-state index is 0.0974. The summed E-state index contributed by atoms with van der Waals surface area (Å²) in [6.07, 6.45) is 2.03. The third-order valence-corrected chi connectivity index (χ3v) is 5.52. The van der Waals surface area contributed by atoms with Crippen LogP contribution in [-0.4, -0.2) is 23.9 Å². The van der Waals surface area contributed by atoms with E-state index < -0.39 is 0 Å². The van der Waals surface area contributed by atoms with Gasteiger partial charge in [0.1, 0.15) is 0 Å². The molecule has 0 aliphatic carbocycles. The van der Waals surface area contributed by atoms with Gasteiger partial charge in [-0.15, -0.1) is 11.3 Å². The molecule has 3 rings (SSSR count). The number of nitrogens with zero attached hydrogens (tertiary/aromatic N) is 1. The van der Waals surface area contributed by atoms with Crippen LogP contribution in [0.15, 0.2) is 41.8 Å². The van der Waals surface area contributed by atoms with E-state index in [1.165, 1.54) is 16.0 Å². The fourth-order valence-electron chi connectivity index (χ4n) is 3.32. The highest BCUT2D eigenvalue weighted by atomic mass is 32.1. The molecule has 1 N–H and O–H groups in total. The standard InChI is InChI=1S/C20H26N2OS/c1-15(2)12-18(16-6-4-3-5-7-16)21-20(23)14-22-10-8-19-17(13-22)9-11-24-19/h3-7,9,11,15,18H,8,10,12-14H2,1-2H3,(H,21,23)/t18-/m0/s1. The second-order valence-electron chi connectivity index (χ2n) is 6.99. The van der Waals surface area contributed by atoms with Crippen molar-refractivity contribution in [1.82, 2.24) is 10.2 Å². The van der Waals surface area contributed by atoms with Gasteiger partial charge in [0.15, 0.2) is 0 Å². The Morgan fingerprint density at radius 1 is 1.25 bits per heavy atom. The number of hydrogen-bond acceptors (Lipinski definition) is 3. The lowest BCUT2D eigenvalue weighted by atomic mass is 9.97. The first-order chi connectivity index (χ1) is 11.6. The molecule has 0 saturated heterocycles. The van der Waals surface area contributed by atoms with Crippen molar-refractivity contribution >= 4 is 17.2 Å². The SMILES string of the molecule is CC(C)C[C@H](NC(=O)CN1CCc2sccc2C1)c1ccccc1. The minimum atomic E-state index is 0.0974. The van der Waals surface area contributed by atoms with Crippen LogP contribution in [-0.2, 0) is 17.8 Å². The maximum Gasteiger partial charge on any atom is 0.234 e. The Labute approximate surface area is 148 Å². The number of benzene rings is 1. The number of carbonyl (C=O) groups excluding carboxylic acids is 1. The number of hydrogen-bond donors (Lipinski definition) is 1. The van der Waals surface area contributed by atoms with Crippen molar-refractivity contribution < 1.29 is 4.79 Å². The van der Waals surface area contributed by atoms with E-state index in [-0.39, 0.29) is 11.9 Å². The molecule has 0 radical (unpaired) electrons. The van der Waals surface area contributed by atoms with Crippen molar-refractivity contribution in [3.05, 3.63) is 57.8 Å². The third-order valence-electron chi connectivity index (χ3n) is 4.50. The molecule has 1 atom stereocenters. The molecule has 24 heavy (non-hydrogen) atoms. The van der Waals surface area contributed by atoms with Crippen LogP contribution < -0.4 is 5.32 Å². The first kappa shape index (κ1) is 17.2. The minimum Gasteiger partial charge on any atom is -0.348 e. The summed E-state index contributed by atoms with van der Waals surface area (Å²) >= 11 is 1.83.